The lowest BCUT2D eigenvalue weighted by atomic mass is 10.1. The van der Waals surface area contributed by atoms with Crippen LogP contribution in [0.4, 0.5) is 0 Å². The van der Waals surface area contributed by atoms with Crippen LogP contribution < -0.4 is 0 Å². The monoisotopic (exact) mass is 889 g/mol. The highest BCUT2D eigenvalue weighted by molar-refractivity contribution is 7.47. The SMILES string of the molecule is CC/C=C\C/C=C\C/C=C\C/C=C\C/C=C\C/C=C\CCCCCCCCC(=O)OC(COCCCCCCCC/C=C\CCCCCCC)COP(=O)(O)OCC[N+](C)(C)C. The molecule has 0 saturated carbocycles. The van der Waals surface area contributed by atoms with Crippen molar-refractivity contribution in [2.45, 2.75) is 193 Å². The average molecular weight is 889 g/mol. The molecule has 0 aromatic rings. The lowest BCUT2D eigenvalue weighted by Crippen LogP contribution is -2.37. The van der Waals surface area contributed by atoms with Crippen molar-refractivity contribution in [3.05, 3.63) is 85.1 Å². The van der Waals surface area contributed by atoms with E-state index < -0.39 is 13.9 Å². The zero-order chi connectivity index (χ0) is 45.5. The summed E-state index contributed by atoms with van der Waals surface area (Å²) in [5.74, 6) is -0.333. The van der Waals surface area contributed by atoms with Gasteiger partial charge in [0.15, 0.2) is 0 Å². The third-order valence-electron chi connectivity index (χ3n) is 10.2. The Balaban J connectivity index is 4.22. The molecule has 0 spiro atoms. The number of hydrogen-bond donors (Lipinski definition) is 1. The Labute approximate surface area is 382 Å². The minimum atomic E-state index is -4.29. The lowest BCUT2D eigenvalue weighted by molar-refractivity contribution is -0.870. The first-order valence-electron chi connectivity index (χ1n) is 24.8. The minimum absolute atomic E-state index is 0.0800. The predicted octanol–water partition coefficient (Wildman–Crippen LogP) is 15.2. The molecule has 0 aromatic carbocycles. The van der Waals surface area contributed by atoms with Crippen LogP contribution in [-0.4, -0.2) is 75.6 Å². The second kappa shape index (κ2) is 45.3. The molecule has 0 aliphatic carbocycles. The summed E-state index contributed by atoms with van der Waals surface area (Å²) < 4.78 is 35.1. The average Bonchev–Trinajstić information content (AvgIpc) is 3.23. The Morgan fingerprint density at radius 1 is 0.516 bits per heavy atom. The molecule has 0 fully saturated rings. The molecule has 0 rings (SSSR count). The number of carbonyl (C=O) groups excluding carboxylic acids is 1. The molecule has 0 aliphatic heterocycles. The Hall–Kier alpha value is -2.32. The summed E-state index contributed by atoms with van der Waals surface area (Å²) in [6.45, 7) is 5.46. The van der Waals surface area contributed by atoms with E-state index in [2.05, 4.69) is 98.9 Å². The highest BCUT2D eigenvalue weighted by atomic mass is 31.2. The van der Waals surface area contributed by atoms with Crippen LogP contribution in [0.3, 0.4) is 0 Å². The van der Waals surface area contributed by atoms with Gasteiger partial charge >= 0.3 is 13.8 Å². The largest absolute Gasteiger partial charge is 0.472 e. The fourth-order valence-electron chi connectivity index (χ4n) is 6.37. The molecule has 1 N–H and O–H groups in total. The molecule has 8 nitrogen and oxygen atoms in total. The van der Waals surface area contributed by atoms with Crippen LogP contribution >= 0.6 is 7.82 Å². The molecule has 0 aromatic heterocycles. The Kier molecular flexibility index (Phi) is 43.6. The van der Waals surface area contributed by atoms with Crippen molar-refractivity contribution < 1.29 is 37.3 Å². The number of likely N-dealkylation sites (N-methyl/N-ethyl adjacent to an activating group) is 1. The highest BCUT2D eigenvalue weighted by Gasteiger charge is 2.26. The van der Waals surface area contributed by atoms with E-state index in [1.54, 1.807) is 0 Å². The van der Waals surface area contributed by atoms with Crippen LogP contribution in [0.25, 0.3) is 0 Å². The first-order chi connectivity index (χ1) is 30.1. The summed E-state index contributed by atoms with van der Waals surface area (Å²) >= 11 is 0. The summed E-state index contributed by atoms with van der Waals surface area (Å²) in [5, 5.41) is 0. The van der Waals surface area contributed by atoms with Gasteiger partial charge in [-0.1, -0.05) is 176 Å². The van der Waals surface area contributed by atoms with Gasteiger partial charge < -0.3 is 18.9 Å². The normalized spacial score (nSPS) is 14.4. The van der Waals surface area contributed by atoms with Crippen LogP contribution in [0.1, 0.15) is 187 Å². The van der Waals surface area contributed by atoms with Gasteiger partial charge in [0, 0.05) is 13.0 Å². The molecule has 9 heteroatoms. The quantitative estimate of drug-likeness (QED) is 0.0214. The van der Waals surface area contributed by atoms with Crippen molar-refractivity contribution in [3.63, 3.8) is 0 Å². The van der Waals surface area contributed by atoms with Gasteiger partial charge in [-0.3, -0.25) is 13.8 Å². The first kappa shape index (κ1) is 59.7. The summed E-state index contributed by atoms with van der Waals surface area (Å²) in [5.41, 5.74) is 0. The maximum absolute atomic E-state index is 12.7. The number of allylic oxidation sites excluding steroid dienone is 14. The molecule has 2 unspecified atom stereocenters. The van der Waals surface area contributed by atoms with Crippen molar-refractivity contribution in [1.82, 2.24) is 0 Å². The van der Waals surface area contributed by atoms with E-state index in [0.29, 0.717) is 24.1 Å². The summed E-state index contributed by atoms with van der Waals surface area (Å²) in [7, 11) is 1.64. The predicted molar refractivity (Wildman–Crippen MR) is 265 cm³/mol. The Morgan fingerprint density at radius 3 is 1.42 bits per heavy atom. The third kappa shape index (κ3) is 48.7. The Morgan fingerprint density at radius 2 is 0.935 bits per heavy atom. The number of unbranched alkanes of at least 4 members (excludes halogenated alkanes) is 17. The maximum atomic E-state index is 12.7. The van der Waals surface area contributed by atoms with E-state index in [1.165, 1.54) is 83.5 Å². The first-order valence-corrected chi connectivity index (χ1v) is 26.3. The molecular weight excluding hydrogens is 794 g/mol. The van der Waals surface area contributed by atoms with Gasteiger partial charge in [0.2, 0.25) is 0 Å². The smallest absolute Gasteiger partial charge is 0.457 e. The number of rotatable bonds is 45. The number of hydrogen-bond acceptors (Lipinski definition) is 6. The second-order valence-corrected chi connectivity index (χ2v) is 18.9. The topological polar surface area (TPSA) is 91.3 Å². The van der Waals surface area contributed by atoms with Crippen LogP contribution in [0.5, 0.6) is 0 Å². The van der Waals surface area contributed by atoms with E-state index in [4.69, 9.17) is 18.5 Å². The van der Waals surface area contributed by atoms with Crippen LogP contribution in [0.15, 0.2) is 85.1 Å². The maximum Gasteiger partial charge on any atom is 0.472 e. The van der Waals surface area contributed by atoms with Gasteiger partial charge in [-0.2, -0.15) is 0 Å². The summed E-state index contributed by atoms with van der Waals surface area (Å²) in [6, 6.07) is 0. The number of phosphoric acid groups is 1. The van der Waals surface area contributed by atoms with Gasteiger partial charge in [0.1, 0.15) is 19.3 Å². The van der Waals surface area contributed by atoms with Crippen molar-refractivity contribution >= 4 is 13.8 Å². The minimum Gasteiger partial charge on any atom is -0.457 e. The zero-order valence-corrected chi connectivity index (χ0v) is 41.5. The van der Waals surface area contributed by atoms with Gasteiger partial charge in [-0.25, -0.2) is 4.57 Å². The van der Waals surface area contributed by atoms with Crippen LogP contribution in [0, 0.1) is 0 Å². The Bertz CT molecular complexity index is 1260. The van der Waals surface area contributed by atoms with E-state index in [9.17, 15) is 14.3 Å². The molecule has 62 heavy (non-hydrogen) atoms. The van der Waals surface area contributed by atoms with Crippen LogP contribution in [0.2, 0.25) is 0 Å². The molecule has 0 heterocycles. The molecule has 0 radical (unpaired) electrons. The fraction of sp³-hybridized carbons (Fsp3) is 0.717. The highest BCUT2D eigenvalue weighted by Crippen LogP contribution is 2.43. The van der Waals surface area contributed by atoms with E-state index >= 15 is 0 Å². The molecule has 0 amide bonds. The number of carbonyl (C=O) groups is 1. The van der Waals surface area contributed by atoms with Crippen molar-refractivity contribution in [1.29, 1.82) is 0 Å². The van der Waals surface area contributed by atoms with Gasteiger partial charge in [0.25, 0.3) is 0 Å². The van der Waals surface area contributed by atoms with Gasteiger partial charge in [0.05, 0.1) is 34.4 Å². The van der Waals surface area contributed by atoms with Crippen molar-refractivity contribution in [2.75, 3.05) is 54.1 Å². The number of ether oxygens (including phenoxy) is 2. The molecule has 0 aliphatic rings. The number of esters is 1. The van der Waals surface area contributed by atoms with E-state index in [0.717, 1.165) is 83.5 Å². The standard InChI is InChI=1S/C53H94NO7P/c1-6-8-10-12-14-16-18-20-22-23-24-25-26-27-28-29-30-31-32-34-36-38-40-42-44-46-53(55)61-52(51-60-62(56,57)59-49-47-54(3,4)5)50-58-48-45-43-41-39-37-35-33-21-19-17-15-13-11-9-7-2/h8,10,14,16,19-22,24-25,27-28,30-31,52H,6-7,9,11-13,15,17-18,23,26,29,32-51H2,1-5H3/p+1/b10-8-,16-14-,21-19-,22-20-,25-24-,28-27-,31-30-. The zero-order valence-electron chi connectivity index (χ0n) is 40.6. The molecule has 0 saturated heterocycles. The molecule has 2 atom stereocenters. The third-order valence-corrected chi connectivity index (χ3v) is 11.2. The molecule has 358 valence electrons. The van der Waals surface area contributed by atoms with E-state index in [-0.39, 0.29) is 25.8 Å². The van der Waals surface area contributed by atoms with Gasteiger partial charge in [-0.15, -0.1) is 0 Å². The number of quaternary nitrogens is 1. The molecule has 0 bridgehead atoms. The lowest BCUT2D eigenvalue weighted by Gasteiger charge is -2.24. The number of nitrogens with zero attached hydrogens (tertiary/aromatic N) is 1. The van der Waals surface area contributed by atoms with Gasteiger partial charge in [-0.05, 0) is 89.9 Å². The van der Waals surface area contributed by atoms with E-state index in [1.807, 2.05) is 21.1 Å². The summed E-state index contributed by atoms with van der Waals surface area (Å²) in [6.07, 6.45) is 60.5. The fourth-order valence-corrected chi connectivity index (χ4v) is 7.12. The van der Waals surface area contributed by atoms with Crippen molar-refractivity contribution in [3.8, 4) is 0 Å². The number of phosphoric ester groups is 1. The van der Waals surface area contributed by atoms with Crippen molar-refractivity contribution in [2.24, 2.45) is 0 Å². The summed E-state index contributed by atoms with van der Waals surface area (Å²) in [4.78, 5) is 23.0. The second-order valence-electron chi connectivity index (χ2n) is 17.5. The molecular formula is C53H95NO7P+. The van der Waals surface area contributed by atoms with Crippen LogP contribution in [-0.2, 0) is 27.9 Å².